The third-order valence-electron chi connectivity index (χ3n) is 11.2. The molecule has 8 rings (SSSR count). The number of nitrogens with zero attached hydrogens (tertiary/aromatic N) is 4. The van der Waals surface area contributed by atoms with E-state index in [4.69, 9.17) is 16.7 Å². The van der Waals surface area contributed by atoms with Crippen molar-refractivity contribution >= 4 is 62.5 Å². The van der Waals surface area contributed by atoms with E-state index >= 15 is 0 Å². The van der Waals surface area contributed by atoms with E-state index in [1.165, 1.54) is 31.9 Å². The van der Waals surface area contributed by atoms with Crippen LogP contribution < -0.4 is 4.90 Å². The van der Waals surface area contributed by atoms with Crippen molar-refractivity contribution in [3.8, 4) is 16.3 Å². The van der Waals surface area contributed by atoms with Crippen LogP contribution in [-0.2, 0) is 26.2 Å². The molecule has 4 amide bonds. The number of hydrogen-bond donors (Lipinski definition) is 1. The van der Waals surface area contributed by atoms with E-state index in [1.54, 1.807) is 33.0 Å². The number of fused-ring (bicyclic) bond motifs is 5. The second-order valence-electron chi connectivity index (χ2n) is 13.5. The number of amides is 4. The number of aryl methyl sites for hydroxylation is 2. The molecule has 246 valence electrons. The van der Waals surface area contributed by atoms with Gasteiger partial charge in [0.15, 0.2) is 11.6 Å². The minimum absolute atomic E-state index is 0.161. The Labute approximate surface area is 284 Å². The summed E-state index contributed by atoms with van der Waals surface area (Å²) >= 11 is 7.81. The van der Waals surface area contributed by atoms with Gasteiger partial charge < -0.3 is 5.11 Å². The molecule has 2 aliphatic carbocycles. The Bertz CT molecular complexity index is 2160. The van der Waals surface area contributed by atoms with Gasteiger partial charge in [0.25, 0.3) is 0 Å². The Kier molecular flexibility index (Phi) is 6.82. The monoisotopic (exact) mass is 686 g/mol. The Hall–Kier alpha value is -4.35. The molecule has 6 atom stereocenters. The highest BCUT2D eigenvalue weighted by Crippen LogP contribution is 2.64. The number of para-hydroxylation sites is 1. The molecule has 2 saturated heterocycles. The van der Waals surface area contributed by atoms with Crippen molar-refractivity contribution in [1.82, 2.24) is 14.7 Å². The quantitative estimate of drug-likeness (QED) is 0.198. The van der Waals surface area contributed by atoms with Crippen molar-refractivity contribution < 1.29 is 28.7 Å². The molecule has 1 saturated carbocycles. The van der Waals surface area contributed by atoms with Crippen molar-refractivity contribution in [3.05, 3.63) is 76.1 Å². The molecule has 0 spiro atoms. The van der Waals surface area contributed by atoms with E-state index in [-0.39, 0.29) is 42.6 Å². The summed E-state index contributed by atoms with van der Waals surface area (Å²) in [6, 6.07) is 11.6. The molecule has 9 nitrogen and oxygen atoms in total. The van der Waals surface area contributed by atoms with Gasteiger partial charge in [-0.25, -0.2) is 9.29 Å². The molecule has 0 bridgehead atoms. The number of aromatic hydroxyl groups is 1. The van der Waals surface area contributed by atoms with Gasteiger partial charge in [-0.15, -0.1) is 11.3 Å². The molecule has 48 heavy (non-hydrogen) atoms. The molecular weight excluding hydrogens is 655 g/mol. The number of anilines is 1. The molecule has 3 fully saturated rings. The molecule has 2 aliphatic heterocycles. The second kappa shape index (κ2) is 10.6. The van der Waals surface area contributed by atoms with Crippen LogP contribution in [0.4, 0.5) is 10.2 Å². The summed E-state index contributed by atoms with van der Waals surface area (Å²) < 4.78 is 17.5. The minimum atomic E-state index is -1.43. The molecule has 4 aromatic rings. The molecule has 2 aromatic carbocycles. The summed E-state index contributed by atoms with van der Waals surface area (Å²) in [6.45, 7) is 5.67. The van der Waals surface area contributed by atoms with Crippen LogP contribution in [0.3, 0.4) is 0 Å². The number of likely N-dealkylation sites (tertiary alicyclic amines) is 1. The first-order valence-corrected chi connectivity index (χ1v) is 17.2. The van der Waals surface area contributed by atoms with Crippen molar-refractivity contribution in [2.75, 3.05) is 11.4 Å². The van der Waals surface area contributed by atoms with Crippen molar-refractivity contribution in [2.24, 2.45) is 36.1 Å². The second-order valence-corrected chi connectivity index (χ2v) is 15.0. The lowest BCUT2D eigenvalue weighted by Crippen LogP contribution is -2.49. The summed E-state index contributed by atoms with van der Waals surface area (Å²) in [5.74, 6) is -6.30. The third-order valence-corrected chi connectivity index (χ3v) is 12.8. The zero-order chi connectivity index (χ0) is 34.0. The van der Waals surface area contributed by atoms with E-state index < -0.39 is 58.4 Å². The molecule has 0 radical (unpaired) electrons. The highest BCUT2D eigenvalue weighted by molar-refractivity contribution is 7.22. The number of halogens is 2. The molecule has 4 heterocycles. The van der Waals surface area contributed by atoms with Gasteiger partial charge in [-0.05, 0) is 74.7 Å². The molecule has 0 unspecified atom stereocenters. The highest BCUT2D eigenvalue weighted by Gasteiger charge is 2.68. The van der Waals surface area contributed by atoms with Gasteiger partial charge in [-0.2, -0.15) is 5.10 Å². The van der Waals surface area contributed by atoms with Crippen LogP contribution in [0.1, 0.15) is 43.7 Å². The third kappa shape index (κ3) is 3.97. The number of allylic oxidation sites excluding steroid dienone is 2. The summed E-state index contributed by atoms with van der Waals surface area (Å²) in [5.41, 5.74) is 1.00. The normalized spacial score (nSPS) is 28.3. The van der Waals surface area contributed by atoms with Gasteiger partial charge in [-0.1, -0.05) is 35.4 Å². The van der Waals surface area contributed by atoms with E-state index in [9.17, 15) is 28.7 Å². The lowest BCUT2D eigenvalue weighted by molar-refractivity contribution is -0.140. The molecule has 2 aromatic heterocycles. The average Bonchev–Trinajstić information content (AvgIpc) is 3.72. The van der Waals surface area contributed by atoms with E-state index in [0.29, 0.717) is 16.3 Å². The Morgan fingerprint density at radius 2 is 1.85 bits per heavy atom. The topological polar surface area (TPSA) is 113 Å². The van der Waals surface area contributed by atoms with Crippen LogP contribution in [0.15, 0.2) is 54.1 Å². The summed E-state index contributed by atoms with van der Waals surface area (Å²) in [6.07, 6.45) is 2.32. The zero-order valence-corrected chi connectivity index (χ0v) is 28.2. The Balaban J connectivity index is 1.26. The summed E-state index contributed by atoms with van der Waals surface area (Å²) in [7, 11) is 1.67. The molecule has 1 N–H and O–H groups in total. The van der Waals surface area contributed by atoms with Crippen LogP contribution in [0, 0.1) is 41.8 Å². The lowest BCUT2D eigenvalue weighted by atomic mass is 9.51. The van der Waals surface area contributed by atoms with Crippen LogP contribution in [0.2, 0.25) is 5.02 Å². The van der Waals surface area contributed by atoms with Gasteiger partial charge in [0.2, 0.25) is 23.6 Å². The Morgan fingerprint density at radius 3 is 2.60 bits per heavy atom. The fourth-order valence-corrected chi connectivity index (χ4v) is 10.3. The maximum absolute atomic E-state index is 15.0. The number of hydrogen-bond acceptors (Lipinski definition) is 7. The lowest BCUT2D eigenvalue weighted by Gasteiger charge is -2.49. The van der Waals surface area contributed by atoms with Gasteiger partial charge in [0.05, 0.1) is 28.0 Å². The number of aromatic nitrogens is 2. The summed E-state index contributed by atoms with van der Waals surface area (Å²) in [5, 5.41) is 17.4. The fraction of sp³-hybridized carbons (Fsp3) is 0.361. The minimum Gasteiger partial charge on any atom is -0.505 e. The first-order chi connectivity index (χ1) is 22.9. The van der Waals surface area contributed by atoms with Crippen LogP contribution in [0.25, 0.3) is 20.7 Å². The van der Waals surface area contributed by atoms with Gasteiger partial charge >= 0.3 is 0 Å². The molecule has 4 aliphatic rings. The largest absolute Gasteiger partial charge is 0.505 e. The fourth-order valence-electron chi connectivity index (χ4n) is 8.93. The Morgan fingerprint density at radius 1 is 1.08 bits per heavy atom. The number of carbonyl (C=O) groups excluding carboxylic acids is 4. The number of thiophene rings is 1. The van der Waals surface area contributed by atoms with Gasteiger partial charge in [0.1, 0.15) is 11.5 Å². The van der Waals surface area contributed by atoms with Crippen molar-refractivity contribution in [1.29, 1.82) is 0 Å². The number of phenolic OH excluding ortho intramolecular Hbond substituents is 1. The molecule has 12 heteroatoms. The van der Waals surface area contributed by atoms with E-state index in [0.717, 1.165) is 26.6 Å². The van der Waals surface area contributed by atoms with E-state index in [1.807, 2.05) is 31.2 Å². The first-order valence-electron chi connectivity index (χ1n) is 16.0. The predicted octanol–water partition coefficient (Wildman–Crippen LogP) is 6.36. The van der Waals surface area contributed by atoms with Crippen molar-refractivity contribution in [2.45, 2.75) is 39.5 Å². The number of rotatable bonds is 4. The van der Waals surface area contributed by atoms with Crippen molar-refractivity contribution in [3.63, 3.8) is 0 Å². The standard InChI is InChI=1S/C36H32ClFN4O5S/c1-5-41-32(44)19-11-10-18-22(28(19)34(41)46)14-23-33(45)42(35(47)36(23,3)29(18)20-7-6-8-24(38)30(20)43)27-15-25(39-40(27)4)31-16(2)21-13-17(37)9-12-26(21)48-31/h6-10,12-13,15,19,22-23,28-29,43H,5,11,14H2,1-4H3/t19-,22+,23-,28-,29+,36+/m0/s1. The maximum atomic E-state index is 15.0. The van der Waals surface area contributed by atoms with Crippen LogP contribution in [0.5, 0.6) is 5.75 Å². The highest BCUT2D eigenvalue weighted by atomic mass is 35.5. The maximum Gasteiger partial charge on any atom is 0.242 e. The average molecular weight is 687 g/mol. The number of benzene rings is 2. The molecular formula is C36H32ClFN4O5S. The van der Waals surface area contributed by atoms with Crippen LogP contribution in [-0.4, -0.2) is 50.0 Å². The number of carbonyl (C=O) groups is 4. The SMILES string of the molecule is CCN1C(=O)[C@H]2[C@H](CC=C3[C@H]2C[C@H]2C(=O)N(c4cc(-c5sc6ccc(Cl)cc6c5C)nn4C)C(=O)[C@@]2(C)[C@H]3c2cccc(F)c2O)C1=O. The zero-order valence-electron chi connectivity index (χ0n) is 26.7. The summed E-state index contributed by atoms with van der Waals surface area (Å²) in [4.78, 5) is 59.7. The number of imide groups is 2. The van der Waals surface area contributed by atoms with Gasteiger partial charge in [0, 0.05) is 40.9 Å². The van der Waals surface area contributed by atoms with E-state index in [2.05, 4.69) is 0 Å². The number of phenols is 1. The first kappa shape index (κ1) is 31.0. The van der Waals surface area contributed by atoms with Gasteiger partial charge in [-0.3, -0.25) is 28.8 Å². The van der Waals surface area contributed by atoms with Crippen LogP contribution >= 0.6 is 22.9 Å². The predicted molar refractivity (Wildman–Crippen MR) is 179 cm³/mol. The smallest absolute Gasteiger partial charge is 0.242 e.